The molecule has 0 saturated carbocycles. The molecule has 1 heterocycles. The lowest BCUT2D eigenvalue weighted by atomic mass is 9.99. The highest BCUT2D eigenvalue weighted by Gasteiger charge is 2.48. The van der Waals surface area contributed by atoms with Gasteiger partial charge in [-0.2, -0.15) is 13.2 Å². The van der Waals surface area contributed by atoms with E-state index >= 15 is 0 Å². The van der Waals surface area contributed by atoms with Gasteiger partial charge >= 0.3 is 12.1 Å². The number of fused-ring (bicyclic) bond motifs is 1. The molecule has 1 aromatic rings. The lowest BCUT2D eigenvalue weighted by Gasteiger charge is -2.27. The van der Waals surface area contributed by atoms with Gasteiger partial charge in [-0.15, -0.1) is 0 Å². The van der Waals surface area contributed by atoms with Crippen LogP contribution in [0.3, 0.4) is 0 Å². The molecule has 0 spiro atoms. The van der Waals surface area contributed by atoms with E-state index in [4.69, 9.17) is 9.84 Å². The fourth-order valence-electron chi connectivity index (χ4n) is 1.83. The highest BCUT2D eigenvalue weighted by Crippen LogP contribution is 2.39. The molecular formula is C13H9F3O3. The van der Waals surface area contributed by atoms with E-state index in [1.807, 2.05) is 0 Å². The maximum atomic E-state index is 12.8. The summed E-state index contributed by atoms with van der Waals surface area (Å²) in [7, 11) is 0. The molecule has 19 heavy (non-hydrogen) atoms. The zero-order valence-electron chi connectivity index (χ0n) is 9.57. The number of hydrogen-bond acceptors (Lipinski definition) is 2. The summed E-state index contributed by atoms with van der Waals surface area (Å²) < 4.78 is 43.3. The molecule has 1 aliphatic heterocycles. The summed E-state index contributed by atoms with van der Waals surface area (Å²) >= 11 is 0. The molecule has 0 amide bonds. The van der Waals surface area contributed by atoms with Crippen molar-refractivity contribution in [3.63, 3.8) is 0 Å². The molecule has 100 valence electrons. The summed E-state index contributed by atoms with van der Waals surface area (Å²) in [5.41, 5.74) is -0.163. The van der Waals surface area contributed by atoms with Crippen LogP contribution in [0.4, 0.5) is 13.2 Å². The minimum atomic E-state index is -4.80. The molecule has 0 aliphatic carbocycles. The number of rotatable bonds is 2. The van der Waals surface area contributed by atoms with Gasteiger partial charge in [0.1, 0.15) is 5.75 Å². The number of ether oxygens (including phenoxy) is 1. The molecule has 1 aromatic carbocycles. The molecule has 0 fully saturated rings. The van der Waals surface area contributed by atoms with Crippen LogP contribution in [0, 0.1) is 0 Å². The van der Waals surface area contributed by atoms with E-state index in [0.29, 0.717) is 5.56 Å². The first-order chi connectivity index (χ1) is 8.84. The highest BCUT2D eigenvalue weighted by molar-refractivity contribution is 5.95. The molecule has 3 nitrogen and oxygen atoms in total. The number of carboxylic acid groups (broad SMARTS) is 1. The summed E-state index contributed by atoms with van der Waals surface area (Å²) in [6.45, 7) is 3.48. The topological polar surface area (TPSA) is 46.5 Å². The second kappa shape index (κ2) is 4.46. The van der Waals surface area contributed by atoms with E-state index in [1.165, 1.54) is 12.1 Å². The minimum Gasteiger partial charge on any atom is -0.478 e. The van der Waals surface area contributed by atoms with Crippen molar-refractivity contribution in [3.8, 4) is 5.75 Å². The van der Waals surface area contributed by atoms with Gasteiger partial charge in [-0.25, -0.2) is 4.79 Å². The van der Waals surface area contributed by atoms with Gasteiger partial charge in [-0.3, -0.25) is 0 Å². The average molecular weight is 270 g/mol. The summed E-state index contributed by atoms with van der Waals surface area (Å²) in [5, 5.41) is 8.86. The average Bonchev–Trinajstić information content (AvgIpc) is 2.35. The molecule has 1 aliphatic rings. The van der Waals surface area contributed by atoms with E-state index in [2.05, 4.69) is 6.58 Å². The van der Waals surface area contributed by atoms with Gasteiger partial charge in [-0.05, 0) is 6.08 Å². The second-order valence-corrected chi connectivity index (χ2v) is 3.91. The van der Waals surface area contributed by atoms with Crippen LogP contribution >= 0.6 is 0 Å². The lowest BCUT2D eigenvalue weighted by molar-refractivity contribution is -0.187. The second-order valence-electron chi connectivity index (χ2n) is 3.91. The van der Waals surface area contributed by atoms with Crippen molar-refractivity contribution in [3.05, 3.63) is 41.5 Å². The maximum absolute atomic E-state index is 12.8. The first kappa shape index (κ1) is 13.2. The fourth-order valence-corrected chi connectivity index (χ4v) is 1.83. The Kier molecular flexibility index (Phi) is 3.09. The Morgan fingerprint density at radius 2 is 2.11 bits per heavy atom. The molecule has 1 N–H and O–H groups in total. The van der Waals surface area contributed by atoms with Crippen molar-refractivity contribution in [2.75, 3.05) is 0 Å². The Balaban J connectivity index is 2.61. The van der Waals surface area contributed by atoms with Crippen LogP contribution < -0.4 is 4.74 Å². The molecule has 0 aromatic heterocycles. The normalized spacial score (nSPS) is 18.1. The number of para-hydroxylation sites is 1. The highest BCUT2D eigenvalue weighted by atomic mass is 19.4. The smallest absolute Gasteiger partial charge is 0.430 e. The molecule has 1 unspecified atom stereocenters. The van der Waals surface area contributed by atoms with Crippen LogP contribution in [0.1, 0.15) is 11.1 Å². The summed E-state index contributed by atoms with van der Waals surface area (Å²) in [4.78, 5) is 10.9. The van der Waals surface area contributed by atoms with Crippen molar-refractivity contribution >= 4 is 18.1 Å². The van der Waals surface area contributed by atoms with Gasteiger partial charge in [-0.1, -0.05) is 30.9 Å². The van der Waals surface area contributed by atoms with Gasteiger partial charge in [0.2, 0.25) is 6.10 Å². The third-order valence-electron chi connectivity index (χ3n) is 2.67. The summed E-state index contributed by atoms with van der Waals surface area (Å²) in [6.07, 6.45) is -4.94. The fraction of sp³-hybridized carbons (Fsp3) is 0.154. The number of aliphatic carboxylic acids is 1. The lowest BCUT2D eigenvalue weighted by Crippen LogP contribution is -2.40. The van der Waals surface area contributed by atoms with E-state index in [9.17, 15) is 18.0 Å². The third-order valence-corrected chi connectivity index (χ3v) is 2.67. The first-order valence-electron chi connectivity index (χ1n) is 5.28. The standard InChI is InChI=1S/C13H9F3O3/c1-2-7-4-3-5-8-6-9(12(17)18)11(13(14,15)16)19-10(7)8/h2-6,11H,1H2,(H,17,18). The maximum Gasteiger partial charge on any atom is 0.430 e. The van der Waals surface area contributed by atoms with Crippen LogP contribution in [-0.2, 0) is 4.79 Å². The van der Waals surface area contributed by atoms with Crippen LogP contribution in [-0.4, -0.2) is 23.4 Å². The molecular weight excluding hydrogens is 261 g/mol. The zero-order valence-corrected chi connectivity index (χ0v) is 9.57. The number of hydrogen-bond donors (Lipinski definition) is 1. The van der Waals surface area contributed by atoms with Gasteiger partial charge < -0.3 is 9.84 Å². The Morgan fingerprint density at radius 1 is 1.42 bits per heavy atom. The number of carboxylic acids is 1. The first-order valence-corrected chi connectivity index (χ1v) is 5.28. The van der Waals surface area contributed by atoms with E-state index < -0.39 is 23.8 Å². The van der Waals surface area contributed by atoms with Gasteiger partial charge in [0.25, 0.3) is 0 Å². The molecule has 1 atom stereocenters. The monoisotopic (exact) mass is 270 g/mol. The van der Waals surface area contributed by atoms with Gasteiger partial charge in [0.15, 0.2) is 0 Å². The Morgan fingerprint density at radius 3 is 2.63 bits per heavy atom. The predicted octanol–water partition coefficient (Wildman–Crippen LogP) is 3.12. The van der Waals surface area contributed by atoms with Crippen molar-refractivity contribution in [1.29, 1.82) is 0 Å². The number of alkyl halides is 3. The Hall–Kier alpha value is -2.24. The molecule has 0 radical (unpaired) electrons. The Bertz CT molecular complexity index is 573. The minimum absolute atomic E-state index is 0.00942. The molecule has 0 saturated heterocycles. The molecule has 6 heteroatoms. The van der Waals surface area contributed by atoms with Crippen LogP contribution in [0.25, 0.3) is 12.2 Å². The van der Waals surface area contributed by atoms with Crippen molar-refractivity contribution in [1.82, 2.24) is 0 Å². The van der Waals surface area contributed by atoms with E-state index in [1.54, 1.807) is 12.1 Å². The largest absolute Gasteiger partial charge is 0.478 e. The quantitative estimate of drug-likeness (QED) is 0.898. The molecule has 0 bridgehead atoms. The van der Waals surface area contributed by atoms with Gasteiger partial charge in [0.05, 0.1) is 5.57 Å². The summed E-state index contributed by atoms with van der Waals surface area (Å²) in [5.74, 6) is -1.66. The van der Waals surface area contributed by atoms with Crippen LogP contribution in [0.15, 0.2) is 30.4 Å². The van der Waals surface area contributed by atoms with Crippen LogP contribution in [0.5, 0.6) is 5.75 Å². The van der Waals surface area contributed by atoms with Gasteiger partial charge in [0, 0.05) is 11.1 Å². The predicted molar refractivity (Wildman–Crippen MR) is 62.6 cm³/mol. The number of carbonyl (C=O) groups is 1. The van der Waals surface area contributed by atoms with Crippen molar-refractivity contribution in [2.45, 2.75) is 12.3 Å². The van der Waals surface area contributed by atoms with Crippen LogP contribution in [0.2, 0.25) is 0 Å². The van der Waals surface area contributed by atoms with E-state index in [-0.39, 0.29) is 11.3 Å². The van der Waals surface area contributed by atoms with Crippen molar-refractivity contribution < 1.29 is 27.8 Å². The van der Waals surface area contributed by atoms with Crippen molar-refractivity contribution in [2.24, 2.45) is 0 Å². The van der Waals surface area contributed by atoms with E-state index in [0.717, 1.165) is 6.08 Å². The number of benzene rings is 1. The Labute approximate surface area is 106 Å². The SMILES string of the molecule is C=Cc1cccc2c1OC(C(F)(F)F)C(C(=O)O)=C2. The summed E-state index contributed by atoms with van der Waals surface area (Å²) in [6, 6.07) is 4.61. The molecule has 2 rings (SSSR count). The number of halogens is 3. The zero-order chi connectivity index (χ0) is 14.2. The third kappa shape index (κ3) is 2.33.